The van der Waals surface area contributed by atoms with Crippen LogP contribution in [0, 0.1) is 0 Å². The van der Waals surface area contributed by atoms with Crippen molar-refractivity contribution in [2.75, 3.05) is 13.7 Å². The Morgan fingerprint density at radius 2 is 1.84 bits per heavy atom. The van der Waals surface area contributed by atoms with Crippen molar-refractivity contribution in [2.45, 2.75) is 70.0 Å². The Labute approximate surface area is 188 Å². The van der Waals surface area contributed by atoms with E-state index < -0.39 is 34.0 Å². The predicted octanol–water partition coefficient (Wildman–Crippen LogP) is 2.04. The molecule has 32 heavy (non-hydrogen) atoms. The van der Waals surface area contributed by atoms with Gasteiger partial charge in [-0.3, -0.25) is 10.1 Å². The smallest absolute Gasteiger partial charge is 0.338 e. The zero-order valence-corrected chi connectivity index (χ0v) is 19.8. The maximum atomic E-state index is 13.3. The van der Waals surface area contributed by atoms with Gasteiger partial charge in [0, 0.05) is 18.6 Å². The highest BCUT2D eigenvalue weighted by molar-refractivity contribution is 7.89. The number of carbonyl (C=O) groups excluding carboxylic acids is 3. The van der Waals surface area contributed by atoms with Gasteiger partial charge >= 0.3 is 12.0 Å². The molecule has 1 fully saturated rings. The van der Waals surface area contributed by atoms with Gasteiger partial charge in [0.1, 0.15) is 10.6 Å². The summed E-state index contributed by atoms with van der Waals surface area (Å²) < 4.78 is 38.3. The topological polar surface area (TPSA) is 131 Å². The summed E-state index contributed by atoms with van der Waals surface area (Å²) in [5.74, 6) is -1.60. The molecule has 0 unspecified atom stereocenters. The number of methoxy groups -OCH3 is 1. The summed E-state index contributed by atoms with van der Waals surface area (Å²) >= 11 is 0. The predicted molar refractivity (Wildman–Crippen MR) is 117 cm³/mol. The molecule has 1 aliphatic heterocycles. The van der Waals surface area contributed by atoms with Crippen LogP contribution in [0.15, 0.2) is 23.1 Å². The first-order chi connectivity index (χ1) is 15.0. The average Bonchev–Trinajstić information content (AvgIpc) is 2.72. The lowest BCUT2D eigenvalue weighted by molar-refractivity contribution is -0.127. The van der Waals surface area contributed by atoms with Crippen molar-refractivity contribution in [3.63, 3.8) is 0 Å². The lowest BCUT2D eigenvalue weighted by Gasteiger charge is -2.32. The molecule has 0 aliphatic carbocycles. The maximum Gasteiger partial charge on any atom is 0.338 e. The van der Waals surface area contributed by atoms with Gasteiger partial charge in [-0.15, -0.1) is 0 Å². The summed E-state index contributed by atoms with van der Waals surface area (Å²) in [7, 11) is -2.57. The number of esters is 1. The number of ether oxygens (including phenoxy) is 2. The standard InChI is InChI=1S/C21H31N3O7S/c1-13(2)22-21(27)23-19(25)15(4)31-20(26)16-9-10-17(30-5)18(12-16)32(28,29)24-11-7-6-8-14(24)3/h9-10,12-15H,6-8,11H2,1-5H3,(H2,22,23,25,27)/t14-,15+/m1/s1. The number of carbonyl (C=O) groups is 3. The van der Waals surface area contributed by atoms with Crippen molar-refractivity contribution in [2.24, 2.45) is 0 Å². The Kier molecular flexibility index (Phi) is 8.62. The van der Waals surface area contributed by atoms with Crippen LogP contribution in [-0.4, -0.2) is 62.5 Å². The van der Waals surface area contributed by atoms with Crippen LogP contribution in [0.2, 0.25) is 0 Å². The third-order valence-corrected chi connectivity index (χ3v) is 7.07. The quantitative estimate of drug-likeness (QED) is 0.584. The van der Waals surface area contributed by atoms with Gasteiger partial charge in [-0.25, -0.2) is 18.0 Å². The molecule has 0 radical (unpaired) electrons. The van der Waals surface area contributed by atoms with Gasteiger partial charge in [-0.05, 0) is 58.7 Å². The third kappa shape index (κ3) is 6.19. The molecule has 3 amide bonds. The summed E-state index contributed by atoms with van der Waals surface area (Å²) in [5.41, 5.74) is -0.0553. The Morgan fingerprint density at radius 1 is 1.16 bits per heavy atom. The van der Waals surface area contributed by atoms with Crippen molar-refractivity contribution in [1.82, 2.24) is 14.9 Å². The molecular formula is C21H31N3O7S. The Hall–Kier alpha value is -2.66. The van der Waals surface area contributed by atoms with E-state index in [1.54, 1.807) is 13.8 Å². The van der Waals surface area contributed by atoms with Crippen LogP contribution in [0.1, 0.15) is 57.3 Å². The molecule has 0 bridgehead atoms. The summed E-state index contributed by atoms with van der Waals surface area (Å²) in [5, 5.41) is 4.57. The van der Waals surface area contributed by atoms with Crippen molar-refractivity contribution < 1.29 is 32.3 Å². The second kappa shape index (κ2) is 10.8. The third-order valence-electron chi connectivity index (χ3n) is 5.04. The number of urea groups is 1. The van der Waals surface area contributed by atoms with Crippen molar-refractivity contribution >= 4 is 27.9 Å². The van der Waals surface area contributed by atoms with Gasteiger partial charge in [-0.2, -0.15) is 4.31 Å². The monoisotopic (exact) mass is 469 g/mol. The highest BCUT2D eigenvalue weighted by Crippen LogP contribution is 2.31. The van der Waals surface area contributed by atoms with Crippen LogP contribution < -0.4 is 15.4 Å². The van der Waals surface area contributed by atoms with E-state index in [4.69, 9.17) is 9.47 Å². The van der Waals surface area contributed by atoms with E-state index >= 15 is 0 Å². The van der Waals surface area contributed by atoms with Crippen LogP contribution in [0.4, 0.5) is 4.79 Å². The minimum absolute atomic E-state index is 0.0553. The summed E-state index contributed by atoms with van der Waals surface area (Å²) in [6.07, 6.45) is 1.18. The second-order valence-corrected chi connectivity index (χ2v) is 9.85. The number of hydrogen-bond donors (Lipinski definition) is 2. The molecule has 0 saturated carbocycles. The van der Waals surface area contributed by atoms with E-state index in [0.29, 0.717) is 6.54 Å². The number of rotatable bonds is 7. The lowest BCUT2D eigenvalue weighted by Crippen LogP contribution is -2.46. The molecule has 2 N–H and O–H groups in total. The van der Waals surface area contributed by atoms with Crippen LogP contribution in [0.3, 0.4) is 0 Å². The zero-order valence-electron chi connectivity index (χ0n) is 19.0. The van der Waals surface area contributed by atoms with Crippen LogP contribution in [-0.2, 0) is 19.6 Å². The van der Waals surface area contributed by atoms with Crippen LogP contribution in [0.5, 0.6) is 5.75 Å². The minimum Gasteiger partial charge on any atom is -0.495 e. The molecule has 1 heterocycles. The van der Waals surface area contributed by atoms with Crippen LogP contribution >= 0.6 is 0 Å². The normalized spacial score (nSPS) is 18.0. The summed E-state index contributed by atoms with van der Waals surface area (Å²) in [6.45, 7) is 7.00. The summed E-state index contributed by atoms with van der Waals surface area (Å²) in [6, 6.07) is 2.86. The molecule has 1 aromatic rings. The molecule has 2 atom stereocenters. The number of sulfonamides is 1. The lowest BCUT2D eigenvalue weighted by atomic mass is 10.1. The van der Waals surface area contributed by atoms with Gasteiger partial charge in [0.2, 0.25) is 10.0 Å². The number of amides is 3. The van der Waals surface area contributed by atoms with Crippen molar-refractivity contribution in [1.29, 1.82) is 0 Å². The van der Waals surface area contributed by atoms with E-state index in [2.05, 4.69) is 10.6 Å². The molecule has 0 spiro atoms. The molecule has 11 heteroatoms. The van der Waals surface area contributed by atoms with E-state index in [0.717, 1.165) is 19.3 Å². The number of imide groups is 1. The van der Waals surface area contributed by atoms with Gasteiger partial charge in [0.15, 0.2) is 6.10 Å². The first-order valence-electron chi connectivity index (χ1n) is 10.5. The first-order valence-corrected chi connectivity index (χ1v) is 11.9. The molecule has 1 saturated heterocycles. The first kappa shape index (κ1) is 25.6. The van der Waals surface area contributed by atoms with Gasteiger partial charge in [0.05, 0.1) is 12.7 Å². The molecule has 178 valence electrons. The molecule has 1 aromatic carbocycles. The van der Waals surface area contributed by atoms with Crippen molar-refractivity contribution in [3.05, 3.63) is 23.8 Å². The fourth-order valence-corrected chi connectivity index (χ4v) is 5.24. The fraction of sp³-hybridized carbons (Fsp3) is 0.571. The van der Waals surface area contributed by atoms with Gasteiger partial charge in [-0.1, -0.05) is 6.42 Å². The molecule has 1 aliphatic rings. The highest BCUT2D eigenvalue weighted by Gasteiger charge is 2.34. The number of piperidine rings is 1. The number of nitrogens with zero attached hydrogens (tertiary/aromatic N) is 1. The fourth-order valence-electron chi connectivity index (χ4n) is 3.35. The Balaban J connectivity index is 2.21. The minimum atomic E-state index is -3.91. The zero-order chi connectivity index (χ0) is 24.1. The van der Waals surface area contributed by atoms with Gasteiger partial charge < -0.3 is 14.8 Å². The second-order valence-electron chi connectivity index (χ2n) is 7.99. The van der Waals surface area contributed by atoms with E-state index in [9.17, 15) is 22.8 Å². The summed E-state index contributed by atoms with van der Waals surface area (Å²) in [4.78, 5) is 36.2. The van der Waals surface area contributed by atoms with Crippen LogP contribution in [0.25, 0.3) is 0 Å². The Bertz CT molecular complexity index is 962. The molecular weight excluding hydrogens is 438 g/mol. The highest BCUT2D eigenvalue weighted by atomic mass is 32.2. The number of benzene rings is 1. The molecule has 0 aromatic heterocycles. The van der Waals surface area contributed by atoms with E-state index in [-0.39, 0.29) is 28.3 Å². The Morgan fingerprint density at radius 3 is 2.44 bits per heavy atom. The average molecular weight is 470 g/mol. The van der Waals surface area contributed by atoms with E-state index in [1.165, 1.54) is 36.5 Å². The maximum absolute atomic E-state index is 13.3. The van der Waals surface area contributed by atoms with Crippen molar-refractivity contribution in [3.8, 4) is 5.75 Å². The largest absolute Gasteiger partial charge is 0.495 e. The molecule has 2 rings (SSSR count). The SMILES string of the molecule is COc1ccc(C(=O)O[C@@H](C)C(=O)NC(=O)NC(C)C)cc1S(=O)(=O)N1CCCC[C@H]1C. The van der Waals surface area contributed by atoms with E-state index in [1.807, 2.05) is 6.92 Å². The number of nitrogens with one attached hydrogen (secondary N) is 2. The van der Waals surface area contributed by atoms with Gasteiger partial charge in [0.25, 0.3) is 5.91 Å². The number of hydrogen-bond acceptors (Lipinski definition) is 7. The molecule has 10 nitrogen and oxygen atoms in total.